The summed E-state index contributed by atoms with van der Waals surface area (Å²) in [5.41, 5.74) is 0.915. The number of halogens is 1. The quantitative estimate of drug-likeness (QED) is 0.587. The number of anilines is 1. The molecule has 0 unspecified atom stereocenters. The zero-order chi connectivity index (χ0) is 19.5. The summed E-state index contributed by atoms with van der Waals surface area (Å²) in [5.74, 6) is 2.19. The number of benzene rings is 1. The van der Waals surface area contributed by atoms with E-state index in [0.29, 0.717) is 33.9 Å². The van der Waals surface area contributed by atoms with Crippen molar-refractivity contribution in [1.29, 1.82) is 5.26 Å². The zero-order valence-corrected chi connectivity index (χ0v) is 16.3. The van der Waals surface area contributed by atoms with Gasteiger partial charge in [0.05, 0.1) is 29.1 Å². The van der Waals surface area contributed by atoms with Crippen LogP contribution in [0.4, 0.5) is 5.69 Å². The number of furan rings is 1. The fourth-order valence-electron chi connectivity index (χ4n) is 2.77. The van der Waals surface area contributed by atoms with Crippen molar-refractivity contribution in [2.45, 2.75) is 30.5 Å². The maximum Gasteiger partial charge on any atom is 0.234 e. The Hall–Kier alpha value is -2.76. The summed E-state index contributed by atoms with van der Waals surface area (Å²) in [6, 6.07) is 10.5. The number of hydrogen-bond acceptors (Lipinski definition) is 6. The second-order valence-electron chi connectivity index (χ2n) is 6.42. The number of rotatable bonds is 7. The van der Waals surface area contributed by atoms with E-state index < -0.39 is 0 Å². The first-order valence-electron chi connectivity index (χ1n) is 8.72. The van der Waals surface area contributed by atoms with Gasteiger partial charge in [0.25, 0.3) is 0 Å². The fourth-order valence-corrected chi connectivity index (χ4v) is 3.74. The largest absolute Gasteiger partial charge is 0.467 e. The summed E-state index contributed by atoms with van der Waals surface area (Å²) in [6.07, 6.45) is 3.86. The van der Waals surface area contributed by atoms with Gasteiger partial charge in [-0.25, -0.2) is 0 Å². The number of nitriles is 1. The number of thioether (sulfide) groups is 1. The molecule has 1 saturated carbocycles. The van der Waals surface area contributed by atoms with E-state index in [1.54, 1.807) is 24.5 Å². The van der Waals surface area contributed by atoms with E-state index in [4.69, 9.17) is 21.3 Å². The Labute approximate surface area is 170 Å². The number of hydrogen-bond donors (Lipinski definition) is 1. The summed E-state index contributed by atoms with van der Waals surface area (Å²) in [4.78, 5) is 12.3. The molecule has 28 heavy (non-hydrogen) atoms. The molecular weight excluding hydrogens is 398 g/mol. The Kier molecular flexibility index (Phi) is 5.37. The Morgan fingerprint density at radius 3 is 2.93 bits per heavy atom. The number of carbonyl (C=O) groups excluding carboxylic acids is 1. The van der Waals surface area contributed by atoms with Gasteiger partial charge in [-0.3, -0.25) is 9.36 Å². The molecule has 1 fully saturated rings. The Morgan fingerprint density at radius 2 is 2.25 bits per heavy atom. The molecule has 1 aliphatic carbocycles. The van der Waals surface area contributed by atoms with Crippen molar-refractivity contribution < 1.29 is 9.21 Å². The van der Waals surface area contributed by atoms with Crippen LogP contribution in [0.3, 0.4) is 0 Å². The molecule has 0 aliphatic heterocycles. The number of nitrogens with zero attached hydrogens (tertiary/aromatic N) is 4. The molecule has 0 atom stereocenters. The number of aromatic nitrogens is 3. The van der Waals surface area contributed by atoms with Crippen molar-refractivity contribution >= 4 is 35.0 Å². The SMILES string of the molecule is N#Cc1ccc(NC(=O)CSc2nnc(C3CC3)n2Cc2ccco2)cc1Cl. The van der Waals surface area contributed by atoms with Gasteiger partial charge in [-0.05, 0) is 43.2 Å². The van der Waals surface area contributed by atoms with E-state index in [1.165, 1.54) is 11.8 Å². The van der Waals surface area contributed by atoms with Crippen LogP contribution in [0.5, 0.6) is 0 Å². The molecule has 2 aromatic heterocycles. The van der Waals surface area contributed by atoms with Crippen LogP contribution in [-0.4, -0.2) is 26.4 Å². The van der Waals surface area contributed by atoms with E-state index in [0.717, 1.165) is 24.4 Å². The molecular formula is C19H16ClN5O2S. The van der Waals surface area contributed by atoms with Crippen LogP contribution in [-0.2, 0) is 11.3 Å². The van der Waals surface area contributed by atoms with Crippen molar-refractivity contribution in [3.8, 4) is 6.07 Å². The van der Waals surface area contributed by atoms with Crippen molar-refractivity contribution in [2.75, 3.05) is 11.1 Å². The number of nitrogens with one attached hydrogen (secondary N) is 1. The van der Waals surface area contributed by atoms with Crippen LogP contribution in [0.2, 0.25) is 5.02 Å². The molecule has 1 aliphatic rings. The molecule has 2 heterocycles. The van der Waals surface area contributed by atoms with E-state index >= 15 is 0 Å². The van der Waals surface area contributed by atoms with Gasteiger partial charge in [0.1, 0.15) is 17.7 Å². The highest BCUT2D eigenvalue weighted by molar-refractivity contribution is 7.99. The molecule has 142 valence electrons. The summed E-state index contributed by atoms with van der Waals surface area (Å²) < 4.78 is 7.47. The average molecular weight is 414 g/mol. The van der Waals surface area contributed by atoms with Crippen LogP contribution in [0.15, 0.2) is 46.2 Å². The predicted molar refractivity (Wildman–Crippen MR) is 105 cm³/mol. The lowest BCUT2D eigenvalue weighted by Crippen LogP contribution is -2.15. The molecule has 0 saturated heterocycles. The summed E-state index contributed by atoms with van der Waals surface area (Å²) in [5, 5.41) is 21.3. The molecule has 1 amide bonds. The highest BCUT2D eigenvalue weighted by Gasteiger charge is 2.30. The van der Waals surface area contributed by atoms with Crippen LogP contribution < -0.4 is 5.32 Å². The number of carbonyl (C=O) groups is 1. The van der Waals surface area contributed by atoms with Crippen molar-refractivity contribution in [1.82, 2.24) is 14.8 Å². The summed E-state index contributed by atoms with van der Waals surface area (Å²) in [6.45, 7) is 0.543. The van der Waals surface area contributed by atoms with Gasteiger partial charge >= 0.3 is 0 Å². The van der Waals surface area contributed by atoms with Crippen LogP contribution >= 0.6 is 23.4 Å². The van der Waals surface area contributed by atoms with Crippen LogP contribution in [0.1, 0.15) is 35.9 Å². The highest BCUT2D eigenvalue weighted by atomic mass is 35.5. The van der Waals surface area contributed by atoms with Gasteiger partial charge in [-0.1, -0.05) is 23.4 Å². The van der Waals surface area contributed by atoms with Crippen LogP contribution in [0, 0.1) is 11.3 Å². The lowest BCUT2D eigenvalue weighted by Gasteiger charge is -2.09. The van der Waals surface area contributed by atoms with E-state index in [9.17, 15) is 4.79 Å². The maximum absolute atomic E-state index is 12.3. The third-order valence-electron chi connectivity index (χ3n) is 4.29. The molecule has 0 radical (unpaired) electrons. The Bertz CT molecular complexity index is 1040. The third-order valence-corrected chi connectivity index (χ3v) is 5.57. The molecule has 3 aromatic rings. The van der Waals surface area contributed by atoms with Gasteiger partial charge < -0.3 is 9.73 Å². The normalized spacial score (nSPS) is 13.3. The predicted octanol–water partition coefficient (Wildman–Crippen LogP) is 4.05. The van der Waals surface area contributed by atoms with Gasteiger partial charge in [-0.15, -0.1) is 10.2 Å². The second kappa shape index (κ2) is 8.09. The first-order valence-corrected chi connectivity index (χ1v) is 10.1. The molecule has 0 spiro atoms. The minimum absolute atomic E-state index is 0.179. The molecule has 4 rings (SSSR count). The highest BCUT2D eigenvalue weighted by Crippen LogP contribution is 2.40. The minimum atomic E-state index is -0.189. The molecule has 7 nitrogen and oxygen atoms in total. The Morgan fingerprint density at radius 1 is 1.39 bits per heavy atom. The van der Waals surface area contributed by atoms with Gasteiger partial charge in [0, 0.05) is 11.6 Å². The van der Waals surface area contributed by atoms with Gasteiger partial charge in [0.15, 0.2) is 5.16 Å². The van der Waals surface area contributed by atoms with E-state index in [2.05, 4.69) is 15.5 Å². The topological polar surface area (TPSA) is 96.7 Å². The second-order valence-corrected chi connectivity index (χ2v) is 7.77. The molecule has 9 heteroatoms. The van der Waals surface area contributed by atoms with Crippen molar-refractivity contribution in [3.05, 3.63) is 58.8 Å². The molecule has 0 bridgehead atoms. The molecule has 1 aromatic carbocycles. The van der Waals surface area contributed by atoms with Crippen LogP contribution in [0.25, 0.3) is 0 Å². The summed E-state index contributed by atoms with van der Waals surface area (Å²) in [7, 11) is 0. The fraction of sp³-hybridized carbons (Fsp3) is 0.263. The monoisotopic (exact) mass is 413 g/mol. The third kappa shape index (κ3) is 4.21. The van der Waals surface area contributed by atoms with Crippen molar-refractivity contribution in [2.24, 2.45) is 0 Å². The number of amides is 1. The van der Waals surface area contributed by atoms with E-state index in [-0.39, 0.29) is 11.7 Å². The standard InChI is InChI=1S/C19H16ClN5O2S/c20-16-8-14(6-5-13(16)9-21)22-17(26)11-28-19-24-23-18(12-3-4-12)25(19)10-15-2-1-7-27-15/h1-2,5-8,12H,3-4,10-11H2,(H,22,26). The average Bonchev–Trinajstić information content (AvgIpc) is 3.24. The zero-order valence-electron chi connectivity index (χ0n) is 14.8. The summed E-state index contributed by atoms with van der Waals surface area (Å²) >= 11 is 7.33. The first-order chi connectivity index (χ1) is 13.6. The van der Waals surface area contributed by atoms with E-state index in [1.807, 2.05) is 22.8 Å². The van der Waals surface area contributed by atoms with Gasteiger partial charge in [-0.2, -0.15) is 5.26 Å². The molecule has 1 N–H and O–H groups in total. The smallest absolute Gasteiger partial charge is 0.234 e. The van der Waals surface area contributed by atoms with Gasteiger partial charge in [0.2, 0.25) is 5.91 Å². The lowest BCUT2D eigenvalue weighted by atomic mass is 10.2. The lowest BCUT2D eigenvalue weighted by molar-refractivity contribution is -0.113. The first kappa shape index (κ1) is 18.6. The minimum Gasteiger partial charge on any atom is -0.467 e. The van der Waals surface area contributed by atoms with Crippen molar-refractivity contribution in [3.63, 3.8) is 0 Å². The Balaban J connectivity index is 1.42. The maximum atomic E-state index is 12.3.